The molecule has 0 aromatic rings. The summed E-state index contributed by atoms with van der Waals surface area (Å²) in [6, 6.07) is 0. The summed E-state index contributed by atoms with van der Waals surface area (Å²) in [6.07, 6.45) is -2.04. The Balaban J connectivity index is 2.51. The Labute approximate surface area is 158 Å². The molecule has 0 spiro atoms. The van der Waals surface area contributed by atoms with E-state index in [1.54, 1.807) is 55.4 Å². The molecule has 0 aromatic heterocycles. The molecule has 2 saturated heterocycles. The number of ether oxygens (including phenoxy) is 4. The normalized spacial score (nSPS) is 30.0. The molecule has 0 bridgehead atoms. The van der Waals surface area contributed by atoms with Crippen molar-refractivity contribution in [3.8, 4) is 0 Å². The average molecular weight is 387 g/mol. The van der Waals surface area contributed by atoms with Crippen molar-refractivity contribution in [2.75, 3.05) is 6.54 Å². The van der Waals surface area contributed by atoms with Crippen LogP contribution in [-0.4, -0.2) is 58.0 Å². The molecule has 1 N–H and O–H groups in total. The maximum Gasteiger partial charge on any atom is 0.415 e. The van der Waals surface area contributed by atoms with Gasteiger partial charge in [-0.2, -0.15) is 0 Å². The van der Waals surface area contributed by atoms with Crippen LogP contribution in [0.25, 0.3) is 0 Å². The molecule has 2 aliphatic rings. The molecule has 9 nitrogen and oxygen atoms in total. The molecule has 2 aliphatic heterocycles. The van der Waals surface area contributed by atoms with Gasteiger partial charge in [0.2, 0.25) is 0 Å². The highest BCUT2D eigenvalue weighted by atomic mass is 16.9. The molecular formula is C18H29NO8. The van der Waals surface area contributed by atoms with E-state index in [0.29, 0.717) is 0 Å². The van der Waals surface area contributed by atoms with E-state index in [1.165, 1.54) is 0 Å². The molecule has 27 heavy (non-hydrogen) atoms. The monoisotopic (exact) mass is 387 g/mol. The number of nitrogens with zero attached hydrogens (tertiary/aromatic N) is 1. The lowest BCUT2D eigenvalue weighted by Gasteiger charge is -2.37. The lowest BCUT2D eigenvalue weighted by atomic mass is 9.97. The SMILES string of the molecule is CC(C)(C)OC(=O)N1C[C@@H](C(=O)O)[C@@H]2OC(C)(C)O[C@@]21OC(=O)C(C)(C)C. The summed E-state index contributed by atoms with van der Waals surface area (Å²) in [7, 11) is 0. The van der Waals surface area contributed by atoms with Gasteiger partial charge in [-0.3, -0.25) is 14.3 Å². The van der Waals surface area contributed by atoms with Gasteiger partial charge in [-0.05, 0) is 55.4 Å². The summed E-state index contributed by atoms with van der Waals surface area (Å²) in [5.41, 5.74) is -1.74. The van der Waals surface area contributed by atoms with Crippen molar-refractivity contribution < 1.29 is 38.4 Å². The number of esters is 1. The Morgan fingerprint density at radius 2 is 1.67 bits per heavy atom. The summed E-state index contributed by atoms with van der Waals surface area (Å²) in [5.74, 6) is -6.28. The van der Waals surface area contributed by atoms with Gasteiger partial charge >= 0.3 is 23.9 Å². The average Bonchev–Trinajstić information content (AvgIpc) is 2.82. The Morgan fingerprint density at radius 3 is 2.11 bits per heavy atom. The molecule has 2 rings (SSSR count). The molecule has 1 amide bonds. The van der Waals surface area contributed by atoms with Crippen molar-refractivity contribution in [2.24, 2.45) is 11.3 Å². The molecule has 2 fully saturated rings. The number of carboxylic acids is 1. The maximum absolute atomic E-state index is 12.8. The fraction of sp³-hybridized carbons (Fsp3) is 0.833. The minimum atomic E-state index is -2.01. The van der Waals surface area contributed by atoms with Crippen LogP contribution in [0.15, 0.2) is 0 Å². The zero-order valence-corrected chi connectivity index (χ0v) is 17.1. The molecule has 2 heterocycles. The van der Waals surface area contributed by atoms with E-state index < -0.39 is 52.8 Å². The topological polar surface area (TPSA) is 112 Å². The number of carbonyl (C=O) groups excluding carboxylic acids is 2. The van der Waals surface area contributed by atoms with E-state index in [4.69, 9.17) is 18.9 Å². The third-order valence-corrected chi connectivity index (χ3v) is 4.07. The molecule has 0 unspecified atom stereocenters. The Morgan fingerprint density at radius 1 is 1.11 bits per heavy atom. The van der Waals surface area contributed by atoms with E-state index in [9.17, 15) is 19.5 Å². The van der Waals surface area contributed by atoms with Crippen molar-refractivity contribution in [2.45, 2.75) is 78.8 Å². The van der Waals surface area contributed by atoms with Crippen LogP contribution in [0.2, 0.25) is 0 Å². The fourth-order valence-corrected chi connectivity index (χ4v) is 2.93. The molecular weight excluding hydrogens is 358 g/mol. The Kier molecular flexibility index (Phi) is 5.03. The first-order valence-corrected chi connectivity index (χ1v) is 8.83. The minimum absolute atomic E-state index is 0.275. The van der Waals surface area contributed by atoms with Gasteiger partial charge in [0.1, 0.15) is 11.5 Å². The summed E-state index contributed by atoms with van der Waals surface area (Å²) in [6.45, 7) is 12.8. The highest BCUT2D eigenvalue weighted by Gasteiger charge is 2.71. The Bertz CT molecular complexity index is 645. The number of carbonyl (C=O) groups is 3. The van der Waals surface area contributed by atoms with Gasteiger partial charge in [0.05, 0.1) is 5.41 Å². The standard InChI is InChI=1S/C18H29NO8/c1-15(2,3)13(22)25-18-11(24-17(7,8)27-18)10(12(20)21)9-19(18)14(23)26-16(4,5)6/h10-11H,9H2,1-8H3,(H,20,21)/t10-,11+,18+/m1/s1. The van der Waals surface area contributed by atoms with Crippen LogP contribution in [0, 0.1) is 11.3 Å². The van der Waals surface area contributed by atoms with Crippen molar-refractivity contribution >= 4 is 18.0 Å². The molecule has 9 heteroatoms. The van der Waals surface area contributed by atoms with E-state index >= 15 is 0 Å². The van der Waals surface area contributed by atoms with Gasteiger partial charge in [0, 0.05) is 6.54 Å². The largest absolute Gasteiger partial charge is 0.481 e. The van der Waals surface area contributed by atoms with Crippen molar-refractivity contribution in [1.82, 2.24) is 4.90 Å². The number of fused-ring (bicyclic) bond motifs is 1. The van der Waals surface area contributed by atoms with Gasteiger partial charge < -0.3 is 19.3 Å². The van der Waals surface area contributed by atoms with Gasteiger partial charge in [-0.15, -0.1) is 0 Å². The third kappa shape index (κ3) is 4.19. The second kappa shape index (κ2) is 6.34. The number of carboxylic acid groups (broad SMARTS) is 1. The lowest BCUT2D eigenvalue weighted by molar-refractivity contribution is -0.295. The van der Waals surface area contributed by atoms with Crippen LogP contribution >= 0.6 is 0 Å². The van der Waals surface area contributed by atoms with Gasteiger partial charge in [-0.1, -0.05) is 0 Å². The van der Waals surface area contributed by atoms with Gasteiger partial charge in [-0.25, -0.2) is 9.69 Å². The first-order valence-electron chi connectivity index (χ1n) is 8.83. The summed E-state index contributed by atoms with van der Waals surface area (Å²) >= 11 is 0. The second-order valence-electron chi connectivity index (χ2n) is 9.35. The van der Waals surface area contributed by atoms with E-state index in [-0.39, 0.29) is 6.54 Å². The van der Waals surface area contributed by atoms with Crippen LogP contribution in [0.3, 0.4) is 0 Å². The minimum Gasteiger partial charge on any atom is -0.481 e. The summed E-state index contributed by atoms with van der Waals surface area (Å²) in [4.78, 5) is 38.2. The van der Waals surface area contributed by atoms with Crippen LogP contribution in [-0.2, 0) is 28.5 Å². The van der Waals surface area contributed by atoms with Crippen molar-refractivity contribution in [3.05, 3.63) is 0 Å². The van der Waals surface area contributed by atoms with Gasteiger partial charge in [0.25, 0.3) is 0 Å². The smallest absolute Gasteiger partial charge is 0.415 e. The molecule has 0 aliphatic carbocycles. The van der Waals surface area contributed by atoms with Crippen LogP contribution in [0.1, 0.15) is 55.4 Å². The van der Waals surface area contributed by atoms with E-state index in [0.717, 1.165) is 4.90 Å². The fourth-order valence-electron chi connectivity index (χ4n) is 2.93. The molecule has 154 valence electrons. The molecule has 0 saturated carbocycles. The predicted molar refractivity (Wildman–Crippen MR) is 92.4 cm³/mol. The van der Waals surface area contributed by atoms with E-state index in [2.05, 4.69) is 0 Å². The van der Waals surface area contributed by atoms with E-state index in [1.807, 2.05) is 0 Å². The van der Waals surface area contributed by atoms with Crippen LogP contribution < -0.4 is 0 Å². The predicted octanol–water partition coefficient (Wildman–Crippen LogP) is 2.33. The third-order valence-electron chi connectivity index (χ3n) is 4.07. The van der Waals surface area contributed by atoms with Crippen molar-refractivity contribution in [1.29, 1.82) is 0 Å². The number of hydrogen-bond donors (Lipinski definition) is 1. The first-order chi connectivity index (χ1) is 12.0. The number of hydrogen-bond acceptors (Lipinski definition) is 7. The number of aliphatic carboxylic acids is 1. The van der Waals surface area contributed by atoms with Crippen LogP contribution in [0.4, 0.5) is 4.79 Å². The number of rotatable bonds is 2. The highest BCUT2D eigenvalue weighted by molar-refractivity contribution is 5.79. The second-order valence-corrected chi connectivity index (χ2v) is 9.35. The van der Waals surface area contributed by atoms with Crippen molar-refractivity contribution in [3.63, 3.8) is 0 Å². The van der Waals surface area contributed by atoms with Crippen LogP contribution in [0.5, 0.6) is 0 Å². The number of amides is 1. The molecule has 3 atom stereocenters. The zero-order valence-electron chi connectivity index (χ0n) is 17.1. The number of likely N-dealkylation sites (tertiary alicyclic amines) is 1. The molecule has 0 radical (unpaired) electrons. The Hall–Kier alpha value is -1.87. The zero-order chi connectivity index (χ0) is 21.0. The first kappa shape index (κ1) is 21.4. The summed E-state index contributed by atoms with van der Waals surface area (Å²) in [5, 5.41) is 9.62. The maximum atomic E-state index is 12.8. The van der Waals surface area contributed by atoms with Gasteiger partial charge in [0.15, 0.2) is 11.9 Å². The quantitative estimate of drug-likeness (QED) is 0.719. The summed E-state index contributed by atoms with van der Waals surface area (Å²) < 4.78 is 22.6. The highest BCUT2D eigenvalue weighted by Crippen LogP contribution is 2.49. The lowest BCUT2D eigenvalue weighted by Crippen LogP contribution is -2.57. The molecule has 0 aromatic carbocycles.